The molecule has 2 atom stereocenters. The van der Waals surface area contributed by atoms with Gasteiger partial charge in [0.05, 0.1) is 48.3 Å². The highest BCUT2D eigenvalue weighted by atomic mass is 19.1. The lowest BCUT2D eigenvalue weighted by Gasteiger charge is -2.60. The van der Waals surface area contributed by atoms with E-state index in [1.807, 2.05) is 19.2 Å². The molecule has 3 aromatic rings. The van der Waals surface area contributed by atoms with Crippen molar-refractivity contribution in [1.82, 2.24) is 24.4 Å². The van der Waals surface area contributed by atoms with Crippen LogP contribution in [0, 0.1) is 22.6 Å². The monoisotopic (exact) mass is 544 g/mol. The lowest BCUT2D eigenvalue weighted by atomic mass is 9.73. The Morgan fingerprint density at radius 2 is 1.93 bits per heavy atom. The third kappa shape index (κ3) is 3.66. The van der Waals surface area contributed by atoms with Crippen molar-refractivity contribution in [1.29, 1.82) is 5.26 Å². The third-order valence-electron chi connectivity index (χ3n) is 9.31. The Morgan fingerprint density at radius 3 is 2.70 bits per heavy atom. The summed E-state index contributed by atoms with van der Waals surface area (Å²) >= 11 is 0. The first-order valence-electron chi connectivity index (χ1n) is 14.1. The molecule has 0 amide bonds. The molecule has 10 nitrogen and oxygen atoms in total. The maximum atomic E-state index is 14.7. The minimum Gasteiger partial charge on any atom is -0.370 e. The van der Waals surface area contributed by atoms with Gasteiger partial charge in [0.15, 0.2) is 5.82 Å². The summed E-state index contributed by atoms with van der Waals surface area (Å²) in [5.74, 6) is -0.426. The highest BCUT2D eigenvalue weighted by molar-refractivity contribution is 5.74. The number of hydrogen-bond donors (Lipinski definition) is 0. The highest BCUT2D eigenvalue weighted by Crippen LogP contribution is 2.45. The molecule has 8 heterocycles. The number of nitrogens with zero attached hydrogens (tertiary/aromatic N) is 8. The minimum atomic E-state index is -0.426. The van der Waals surface area contributed by atoms with Crippen LogP contribution in [0.15, 0.2) is 30.6 Å². The van der Waals surface area contributed by atoms with E-state index < -0.39 is 5.82 Å². The molecule has 0 aromatic carbocycles. The van der Waals surface area contributed by atoms with Gasteiger partial charge in [0.25, 0.3) is 0 Å². The number of pyridine rings is 2. The van der Waals surface area contributed by atoms with Crippen molar-refractivity contribution in [3.05, 3.63) is 53.4 Å². The first kappa shape index (κ1) is 24.5. The van der Waals surface area contributed by atoms with Crippen LogP contribution in [-0.2, 0) is 21.7 Å². The van der Waals surface area contributed by atoms with Gasteiger partial charge >= 0.3 is 0 Å². The van der Waals surface area contributed by atoms with Gasteiger partial charge in [-0.1, -0.05) is 0 Å². The highest BCUT2D eigenvalue weighted by Gasteiger charge is 2.53. The summed E-state index contributed by atoms with van der Waals surface area (Å²) < 4.78 is 28.8. The van der Waals surface area contributed by atoms with Crippen LogP contribution in [0.4, 0.5) is 15.8 Å². The maximum absolute atomic E-state index is 14.7. The maximum Gasteiger partial charge on any atom is 0.171 e. The normalized spacial score (nSPS) is 26.9. The minimum absolute atomic E-state index is 0.0137. The van der Waals surface area contributed by atoms with Crippen LogP contribution in [0.25, 0.3) is 5.52 Å². The zero-order chi connectivity index (χ0) is 27.2. The molecule has 0 unspecified atom stereocenters. The van der Waals surface area contributed by atoms with Crippen molar-refractivity contribution < 1.29 is 13.9 Å². The van der Waals surface area contributed by atoms with E-state index >= 15 is 0 Å². The SMILES string of the molecule is C[C@@H]1CN(c2ccc(C#N)n3ncc(F)c23)C[C@H](CN2CC3(C2)OCc2cc(N4CC5(CN(C)C5)C4)cnc23)O1. The summed E-state index contributed by atoms with van der Waals surface area (Å²) in [5, 5.41) is 13.5. The summed E-state index contributed by atoms with van der Waals surface area (Å²) in [6, 6.07) is 7.89. The largest absolute Gasteiger partial charge is 0.370 e. The van der Waals surface area contributed by atoms with Crippen LogP contribution in [0.1, 0.15) is 23.9 Å². The topological polar surface area (TPSA) is 85.4 Å². The molecule has 5 aliphatic heterocycles. The molecule has 3 aromatic heterocycles. The van der Waals surface area contributed by atoms with Gasteiger partial charge < -0.3 is 24.2 Å². The second kappa shape index (κ2) is 8.60. The molecule has 11 heteroatoms. The van der Waals surface area contributed by atoms with Gasteiger partial charge in [0.2, 0.25) is 0 Å². The number of fused-ring (bicyclic) bond motifs is 3. The van der Waals surface area contributed by atoms with Crippen LogP contribution in [0.2, 0.25) is 0 Å². The molecule has 208 valence electrons. The lowest BCUT2D eigenvalue weighted by molar-refractivity contribution is -0.157. The summed E-state index contributed by atoms with van der Waals surface area (Å²) in [4.78, 5) is 14.3. The number of ether oxygens (including phenoxy) is 2. The van der Waals surface area contributed by atoms with E-state index in [1.165, 1.54) is 35.1 Å². The van der Waals surface area contributed by atoms with E-state index in [0.717, 1.165) is 44.1 Å². The summed E-state index contributed by atoms with van der Waals surface area (Å²) in [6.07, 6.45) is 3.15. The molecule has 0 bridgehead atoms. The van der Waals surface area contributed by atoms with Crippen molar-refractivity contribution in [2.24, 2.45) is 5.41 Å². The van der Waals surface area contributed by atoms with Crippen LogP contribution >= 0.6 is 0 Å². The Bertz CT molecular complexity index is 1530. The van der Waals surface area contributed by atoms with E-state index in [-0.39, 0.29) is 17.8 Å². The summed E-state index contributed by atoms with van der Waals surface area (Å²) in [6.45, 7) is 10.9. The zero-order valence-electron chi connectivity index (χ0n) is 22.9. The van der Waals surface area contributed by atoms with Crippen molar-refractivity contribution in [3.63, 3.8) is 0 Å². The van der Waals surface area contributed by atoms with Crippen LogP contribution in [0.5, 0.6) is 0 Å². The average Bonchev–Trinajstić information content (AvgIpc) is 3.45. The Balaban J connectivity index is 0.931. The number of nitriles is 1. The fraction of sp³-hybridized carbons (Fsp3) is 0.552. The van der Waals surface area contributed by atoms with Crippen LogP contribution in [-0.4, -0.2) is 103 Å². The number of likely N-dealkylation sites (tertiary alicyclic amines) is 2. The second-order valence-electron chi connectivity index (χ2n) is 12.6. The van der Waals surface area contributed by atoms with Crippen LogP contribution < -0.4 is 9.80 Å². The van der Waals surface area contributed by atoms with Gasteiger partial charge in [-0.25, -0.2) is 8.91 Å². The van der Waals surface area contributed by atoms with E-state index in [4.69, 9.17) is 14.5 Å². The number of rotatable bonds is 4. The molecule has 5 aliphatic rings. The van der Waals surface area contributed by atoms with E-state index in [9.17, 15) is 9.65 Å². The fourth-order valence-electron chi connectivity index (χ4n) is 7.79. The fourth-order valence-corrected chi connectivity index (χ4v) is 7.79. The van der Waals surface area contributed by atoms with Gasteiger partial charge in [-0.2, -0.15) is 10.4 Å². The third-order valence-corrected chi connectivity index (χ3v) is 9.31. The van der Waals surface area contributed by atoms with E-state index in [0.29, 0.717) is 36.3 Å². The Kier molecular flexibility index (Phi) is 5.27. The quantitative estimate of drug-likeness (QED) is 0.488. The predicted molar refractivity (Wildman–Crippen MR) is 146 cm³/mol. The predicted octanol–water partition coefficient (Wildman–Crippen LogP) is 1.83. The molecule has 0 saturated carbocycles. The number of hydrogen-bond acceptors (Lipinski definition) is 9. The molecule has 0 radical (unpaired) electrons. The van der Waals surface area contributed by atoms with E-state index in [1.54, 1.807) is 6.07 Å². The molecular formula is C29H33FN8O2. The van der Waals surface area contributed by atoms with Gasteiger partial charge in [-0.05, 0) is 32.2 Å². The van der Waals surface area contributed by atoms with Crippen molar-refractivity contribution >= 4 is 16.9 Å². The first-order chi connectivity index (χ1) is 19.3. The van der Waals surface area contributed by atoms with Crippen molar-refractivity contribution in [2.45, 2.75) is 31.3 Å². The number of anilines is 2. The molecule has 40 heavy (non-hydrogen) atoms. The first-order valence-corrected chi connectivity index (χ1v) is 14.1. The lowest BCUT2D eigenvalue weighted by Crippen LogP contribution is -2.71. The van der Waals surface area contributed by atoms with Gasteiger partial charge in [-0.15, -0.1) is 0 Å². The van der Waals surface area contributed by atoms with Gasteiger partial charge in [0.1, 0.15) is 22.9 Å². The Morgan fingerprint density at radius 1 is 1.10 bits per heavy atom. The molecular weight excluding hydrogens is 511 g/mol. The van der Waals surface area contributed by atoms with E-state index in [2.05, 4.69) is 43.9 Å². The number of aromatic nitrogens is 3. The number of halogens is 1. The van der Waals surface area contributed by atoms with Crippen molar-refractivity contribution in [2.75, 3.05) is 75.8 Å². The Hall–Kier alpha value is -3.30. The van der Waals surface area contributed by atoms with Crippen molar-refractivity contribution in [3.8, 4) is 6.07 Å². The molecule has 4 fully saturated rings. The molecule has 2 spiro atoms. The van der Waals surface area contributed by atoms with Gasteiger partial charge in [-0.3, -0.25) is 9.88 Å². The van der Waals surface area contributed by atoms with Gasteiger partial charge in [0, 0.05) is 69.9 Å². The zero-order valence-corrected chi connectivity index (χ0v) is 22.9. The molecule has 0 N–H and O–H groups in total. The summed E-state index contributed by atoms with van der Waals surface area (Å²) in [7, 11) is 2.19. The number of morpholine rings is 1. The Labute approximate surface area is 232 Å². The average molecular weight is 545 g/mol. The molecule has 0 aliphatic carbocycles. The second-order valence-corrected chi connectivity index (χ2v) is 12.6. The van der Waals surface area contributed by atoms with Crippen LogP contribution in [0.3, 0.4) is 0 Å². The molecule has 8 rings (SSSR count). The molecule has 4 saturated heterocycles. The standard InChI is InChI=1S/C29H33FN8O2/c1-19-9-36(25-4-3-21(6-31)38-26(25)24(30)8-33-38)11-23(40-19)10-35-17-29(18-35)27-20(12-39-29)5-22(7-32-27)37-15-28(16-37)13-34(2)14-28/h3-5,7-8,19,23H,9-18H2,1-2H3/t19-,23+/m1/s1. The smallest absolute Gasteiger partial charge is 0.171 e. The summed E-state index contributed by atoms with van der Waals surface area (Å²) in [5.41, 5.74) is 5.06.